The van der Waals surface area contributed by atoms with E-state index in [0.717, 1.165) is 5.69 Å². The molecule has 0 saturated heterocycles. The number of amides is 1. The molecule has 0 radical (unpaired) electrons. The Bertz CT molecular complexity index is 714. The fourth-order valence-corrected chi connectivity index (χ4v) is 2.24. The molecule has 0 aromatic heterocycles. The van der Waals surface area contributed by atoms with Crippen molar-refractivity contribution in [2.75, 3.05) is 30.9 Å². The van der Waals surface area contributed by atoms with E-state index in [1.165, 1.54) is 0 Å². The summed E-state index contributed by atoms with van der Waals surface area (Å²) in [6.07, 6.45) is 0.0322. The van der Waals surface area contributed by atoms with Gasteiger partial charge >= 0.3 is 5.97 Å². The summed E-state index contributed by atoms with van der Waals surface area (Å²) < 4.78 is 4.98. The molecule has 1 amide bonds. The summed E-state index contributed by atoms with van der Waals surface area (Å²) in [6.45, 7) is -0.335. The summed E-state index contributed by atoms with van der Waals surface area (Å²) in [5.41, 5.74) is 2.34. The first-order valence-corrected chi connectivity index (χ1v) is 7.80. The quantitative estimate of drug-likeness (QED) is 0.816. The highest BCUT2D eigenvalue weighted by Crippen LogP contribution is 2.16. The number of hydrogen-bond donors (Lipinski definition) is 1. The van der Waals surface area contributed by atoms with Crippen LogP contribution >= 0.6 is 11.6 Å². The first kappa shape index (κ1) is 17.8. The van der Waals surface area contributed by atoms with Crippen molar-refractivity contribution in [3.05, 3.63) is 59.1 Å². The highest BCUT2D eigenvalue weighted by Gasteiger charge is 2.10. The molecule has 2 rings (SSSR count). The summed E-state index contributed by atoms with van der Waals surface area (Å²) in [7, 11) is 3.87. The SMILES string of the molecule is CN(C)c1ccc(NC(=O)COC(=O)Cc2ccccc2Cl)cc1. The zero-order valence-corrected chi connectivity index (χ0v) is 14.3. The van der Waals surface area contributed by atoms with Crippen LogP contribution in [0.1, 0.15) is 5.56 Å². The molecule has 5 nitrogen and oxygen atoms in total. The van der Waals surface area contributed by atoms with E-state index in [0.29, 0.717) is 16.3 Å². The molecule has 2 aromatic rings. The smallest absolute Gasteiger partial charge is 0.310 e. The minimum atomic E-state index is -0.499. The van der Waals surface area contributed by atoms with Crippen LogP contribution in [-0.4, -0.2) is 32.6 Å². The van der Waals surface area contributed by atoms with Crippen molar-refractivity contribution in [2.45, 2.75) is 6.42 Å². The topological polar surface area (TPSA) is 58.6 Å². The van der Waals surface area contributed by atoms with Gasteiger partial charge in [-0.25, -0.2) is 0 Å². The van der Waals surface area contributed by atoms with Gasteiger partial charge in [0.25, 0.3) is 5.91 Å². The van der Waals surface area contributed by atoms with Crippen molar-refractivity contribution >= 4 is 34.9 Å². The van der Waals surface area contributed by atoms with Crippen molar-refractivity contribution in [3.8, 4) is 0 Å². The van der Waals surface area contributed by atoms with Crippen molar-refractivity contribution in [2.24, 2.45) is 0 Å². The minimum absolute atomic E-state index is 0.0322. The molecule has 126 valence electrons. The van der Waals surface area contributed by atoms with Crippen LogP contribution in [-0.2, 0) is 20.7 Å². The van der Waals surface area contributed by atoms with E-state index >= 15 is 0 Å². The Kier molecular flexibility index (Phi) is 6.21. The molecule has 0 heterocycles. The maximum absolute atomic E-state index is 11.8. The maximum Gasteiger partial charge on any atom is 0.310 e. The molecule has 0 saturated carbocycles. The van der Waals surface area contributed by atoms with E-state index in [1.807, 2.05) is 31.1 Å². The number of esters is 1. The predicted octanol–water partition coefficient (Wildman–Crippen LogP) is 3.13. The van der Waals surface area contributed by atoms with Crippen LogP contribution in [0.3, 0.4) is 0 Å². The van der Waals surface area contributed by atoms with E-state index in [-0.39, 0.29) is 18.9 Å². The van der Waals surface area contributed by atoms with Gasteiger partial charge in [0.05, 0.1) is 6.42 Å². The second-order valence-electron chi connectivity index (χ2n) is 5.42. The van der Waals surface area contributed by atoms with Crippen LogP contribution in [0.4, 0.5) is 11.4 Å². The Morgan fingerprint density at radius 2 is 1.75 bits per heavy atom. The third-order valence-corrected chi connectivity index (χ3v) is 3.69. The summed E-state index contributed by atoms with van der Waals surface area (Å²) in [6, 6.07) is 14.4. The van der Waals surface area contributed by atoms with Crippen LogP contribution < -0.4 is 10.2 Å². The summed E-state index contributed by atoms with van der Waals surface area (Å²) in [5.74, 6) is -0.888. The first-order chi connectivity index (χ1) is 11.5. The second kappa shape index (κ2) is 8.36. The highest BCUT2D eigenvalue weighted by atomic mass is 35.5. The lowest BCUT2D eigenvalue weighted by atomic mass is 10.1. The number of halogens is 1. The van der Waals surface area contributed by atoms with Crippen molar-refractivity contribution < 1.29 is 14.3 Å². The van der Waals surface area contributed by atoms with Crippen molar-refractivity contribution in [3.63, 3.8) is 0 Å². The van der Waals surface area contributed by atoms with Gasteiger partial charge in [-0.05, 0) is 35.9 Å². The Morgan fingerprint density at radius 1 is 1.08 bits per heavy atom. The lowest BCUT2D eigenvalue weighted by molar-refractivity contribution is -0.146. The van der Waals surface area contributed by atoms with Gasteiger partial charge in [-0.1, -0.05) is 29.8 Å². The number of hydrogen-bond acceptors (Lipinski definition) is 4. The molecule has 1 N–H and O–H groups in total. The zero-order chi connectivity index (χ0) is 17.5. The second-order valence-corrected chi connectivity index (χ2v) is 5.83. The van der Waals surface area contributed by atoms with Crippen LogP contribution in [0.15, 0.2) is 48.5 Å². The third-order valence-electron chi connectivity index (χ3n) is 3.32. The minimum Gasteiger partial charge on any atom is -0.455 e. The average Bonchev–Trinajstić information content (AvgIpc) is 2.55. The largest absolute Gasteiger partial charge is 0.455 e. The number of rotatable bonds is 6. The van der Waals surface area contributed by atoms with Crippen molar-refractivity contribution in [1.29, 1.82) is 0 Å². The normalized spacial score (nSPS) is 10.1. The van der Waals surface area contributed by atoms with Gasteiger partial charge < -0.3 is 15.0 Å². The van der Waals surface area contributed by atoms with E-state index in [4.69, 9.17) is 16.3 Å². The number of anilines is 2. The Labute approximate surface area is 146 Å². The zero-order valence-electron chi connectivity index (χ0n) is 13.6. The number of carbonyl (C=O) groups excluding carboxylic acids is 2. The highest BCUT2D eigenvalue weighted by molar-refractivity contribution is 6.31. The number of nitrogens with one attached hydrogen (secondary N) is 1. The monoisotopic (exact) mass is 346 g/mol. The molecule has 0 aliphatic rings. The van der Waals surface area contributed by atoms with Crippen LogP contribution in [0, 0.1) is 0 Å². The van der Waals surface area contributed by atoms with Crippen LogP contribution in [0.25, 0.3) is 0 Å². The van der Waals surface area contributed by atoms with Crippen LogP contribution in [0.2, 0.25) is 5.02 Å². The molecule has 0 aliphatic heterocycles. The third kappa shape index (κ3) is 5.28. The number of nitrogens with zero attached hydrogens (tertiary/aromatic N) is 1. The van der Waals surface area contributed by atoms with Gasteiger partial charge in [-0.3, -0.25) is 9.59 Å². The predicted molar refractivity (Wildman–Crippen MR) is 95.5 cm³/mol. The van der Waals surface area contributed by atoms with Gasteiger partial charge in [-0.2, -0.15) is 0 Å². The molecule has 0 unspecified atom stereocenters. The summed E-state index contributed by atoms with van der Waals surface area (Å²) in [4.78, 5) is 25.6. The van der Waals surface area contributed by atoms with E-state index in [2.05, 4.69) is 5.32 Å². The van der Waals surface area contributed by atoms with Gasteiger partial charge in [0.2, 0.25) is 0 Å². The molecule has 0 spiro atoms. The first-order valence-electron chi connectivity index (χ1n) is 7.42. The van der Waals surface area contributed by atoms with Crippen LogP contribution in [0.5, 0.6) is 0 Å². The standard InChI is InChI=1S/C18H19ClN2O3/c1-21(2)15-9-7-14(8-10-15)20-17(22)12-24-18(23)11-13-5-3-4-6-16(13)19/h3-10H,11-12H2,1-2H3,(H,20,22). The molecule has 0 fully saturated rings. The Balaban J connectivity index is 1.80. The molecular weight excluding hydrogens is 328 g/mol. The lowest BCUT2D eigenvalue weighted by Gasteiger charge is -2.13. The number of ether oxygens (including phenoxy) is 1. The Hall–Kier alpha value is -2.53. The van der Waals surface area contributed by atoms with Gasteiger partial charge in [0, 0.05) is 30.5 Å². The van der Waals surface area contributed by atoms with Gasteiger partial charge in [0.1, 0.15) is 0 Å². The average molecular weight is 347 g/mol. The fourth-order valence-electron chi connectivity index (χ4n) is 2.03. The summed E-state index contributed by atoms with van der Waals surface area (Å²) in [5, 5.41) is 3.18. The molecule has 0 aliphatic carbocycles. The molecule has 0 atom stereocenters. The molecule has 2 aromatic carbocycles. The van der Waals surface area contributed by atoms with Gasteiger partial charge in [-0.15, -0.1) is 0 Å². The number of carbonyl (C=O) groups is 2. The van der Waals surface area contributed by atoms with Gasteiger partial charge in [0.15, 0.2) is 6.61 Å². The van der Waals surface area contributed by atoms with Crippen molar-refractivity contribution in [1.82, 2.24) is 0 Å². The summed E-state index contributed by atoms with van der Waals surface area (Å²) >= 11 is 5.98. The lowest BCUT2D eigenvalue weighted by Crippen LogP contribution is -2.21. The van der Waals surface area contributed by atoms with E-state index in [1.54, 1.807) is 36.4 Å². The molecule has 0 bridgehead atoms. The number of benzene rings is 2. The molecule has 6 heteroatoms. The maximum atomic E-state index is 11.8. The van der Waals surface area contributed by atoms with E-state index in [9.17, 15) is 9.59 Å². The molecule has 24 heavy (non-hydrogen) atoms. The van der Waals surface area contributed by atoms with E-state index < -0.39 is 5.97 Å². The molecular formula is C18H19ClN2O3. The fraction of sp³-hybridized carbons (Fsp3) is 0.222. The Morgan fingerprint density at radius 3 is 2.38 bits per heavy atom.